The molecule has 8 heteroatoms. The van der Waals surface area contributed by atoms with E-state index in [9.17, 15) is 14.0 Å². The highest BCUT2D eigenvalue weighted by atomic mass is 32.1. The molecule has 3 aromatic carbocycles. The standard InChI is InChI=1S/C30H22FN3O3S/c1-3-17-37-24-12-8-7-9-21(24)18-25-29(36)34-27(20-13-15-22(31)16-14-20)26(19(2)32-30(34)38-25)28(35)33-23-10-5-4-6-11-23/h1,4-16,18,27H,17H2,2H3,(H,33,35)/b25-18+. The normalized spacial score (nSPS) is 14.9. The van der Waals surface area contributed by atoms with Crippen molar-refractivity contribution in [3.63, 3.8) is 0 Å². The Morgan fingerprint density at radius 2 is 1.84 bits per heavy atom. The van der Waals surface area contributed by atoms with Crippen molar-refractivity contribution in [1.82, 2.24) is 4.57 Å². The third kappa shape index (κ3) is 4.92. The minimum Gasteiger partial charge on any atom is -0.480 e. The molecule has 1 N–H and O–H groups in total. The lowest BCUT2D eigenvalue weighted by Gasteiger charge is -2.25. The average molecular weight is 524 g/mol. The lowest BCUT2D eigenvalue weighted by molar-refractivity contribution is -0.113. The molecular formula is C30H22FN3O3S. The number of para-hydroxylation sites is 2. The molecule has 1 atom stereocenters. The molecule has 1 aliphatic heterocycles. The summed E-state index contributed by atoms with van der Waals surface area (Å²) in [6, 6.07) is 21.3. The van der Waals surface area contributed by atoms with Gasteiger partial charge in [0.2, 0.25) is 0 Å². The van der Waals surface area contributed by atoms with Gasteiger partial charge < -0.3 is 10.1 Å². The number of carbonyl (C=O) groups is 1. The number of fused-ring (bicyclic) bond motifs is 1. The van der Waals surface area contributed by atoms with Crippen molar-refractivity contribution in [3.8, 4) is 18.1 Å². The monoisotopic (exact) mass is 523 g/mol. The Kier molecular flexibility index (Phi) is 7.03. The van der Waals surface area contributed by atoms with Gasteiger partial charge in [0, 0.05) is 11.3 Å². The van der Waals surface area contributed by atoms with E-state index in [0.717, 1.165) is 0 Å². The van der Waals surface area contributed by atoms with Crippen LogP contribution >= 0.6 is 11.3 Å². The molecule has 0 radical (unpaired) electrons. The summed E-state index contributed by atoms with van der Waals surface area (Å²) in [5.74, 6) is 2.18. The van der Waals surface area contributed by atoms with Gasteiger partial charge in [0.25, 0.3) is 11.5 Å². The van der Waals surface area contributed by atoms with Crippen molar-refractivity contribution in [3.05, 3.63) is 127 Å². The number of allylic oxidation sites excluding steroid dienone is 1. The Hall–Kier alpha value is -4.74. The fourth-order valence-electron chi connectivity index (χ4n) is 4.28. The lowest BCUT2D eigenvalue weighted by atomic mass is 9.95. The van der Waals surface area contributed by atoms with E-state index in [1.54, 1.807) is 43.3 Å². The van der Waals surface area contributed by atoms with Crippen LogP contribution in [0.2, 0.25) is 0 Å². The Morgan fingerprint density at radius 3 is 2.58 bits per heavy atom. The quantitative estimate of drug-likeness (QED) is 0.388. The van der Waals surface area contributed by atoms with Crippen LogP contribution in [0.5, 0.6) is 5.75 Å². The largest absolute Gasteiger partial charge is 0.480 e. The van der Waals surface area contributed by atoms with E-state index in [2.05, 4.69) is 16.2 Å². The number of nitrogens with one attached hydrogen (secondary N) is 1. The van der Waals surface area contributed by atoms with Gasteiger partial charge in [-0.25, -0.2) is 9.38 Å². The summed E-state index contributed by atoms with van der Waals surface area (Å²) >= 11 is 1.20. The van der Waals surface area contributed by atoms with Gasteiger partial charge in [0.05, 0.1) is 21.8 Å². The maximum absolute atomic E-state index is 13.8. The Labute approximate surface area is 222 Å². The average Bonchev–Trinajstić information content (AvgIpc) is 3.22. The number of aromatic nitrogens is 1. The molecule has 1 aliphatic rings. The molecule has 0 aliphatic carbocycles. The van der Waals surface area contributed by atoms with Crippen molar-refractivity contribution in [2.45, 2.75) is 13.0 Å². The Morgan fingerprint density at radius 1 is 1.13 bits per heavy atom. The van der Waals surface area contributed by atoms with Crippen LogP contribution in [0.3, 0.4) is 0 Å². The number of ether oxygens (including phenoxy) is 1. The lowest BCUT2D eigenvalue weighted by Crippen LogP contribution is -2.40. The predicted octanol–water partition coefficient (Wildman–Crippen LogP) is 4.03. The molecule has 1 aromatic heterocycles. The van der Waals surface area contributed by atoms with Crippen LogP contribution in [0.15, 0.2) is 99.9 Å². The highest BCUT2D eigenvalue weighted by Gasteiger charge is 2.32. The molecule has 6 nitrogen and oxygen atoms in total. The van der Waals surface area contributed by atoms with Crippen molar-refractivity contribution < 1.29 is 13.9 Å². The second kappa shape index (κ2) is 10.7. The first-order valence-corrected chi connectivity index (χ1v) is 12.6. The molecule has 0 bridgehead atoms. The maximum Gasteiger partial charge on any atom is 0.271 e. The van der Waals surface area contributed by atoms with Crippen molar-refractivity contribution in [2.75, 3.05) is 11.9 Å². The predicted molar refractivity (Wildman–Crippen MR) is 146 cm³/mol. The van der Waals surface area contributed by atoms with Gasteiger partial charge in [-0.3, -0.25) is 14.2 Å². The minimum absolute atomic E-state index is 0.0930. The third-order valence-corrected chi connectivity index (χ3v) is 6.98. The van der Waals surface area contributed by atoms with E-state index in [1.165, 1.54) is 28.0 Å². The van der Waals surface area contributed by atoms with Crippen LogP contribution in [0.4, 0.5) is 10.1 Å². The third-order valence-electron chi connectivity index (χ3n) is 6.00. The van der Waals surface area contributed by atoms with Gasteiger partial charge >= 0.3 is 0 Å². The summed E-state index contributed by atoms with van der Waals surface area (Å²) in [6.45, 7) is 1.83. The molecule has 4 aromatic rings. The SMILES string of the molecule is C#CCOc1ccccc1/C=c1/sc2n(c1=O)C(c1ccc(F)cc1)C(C(=O)Nc1ccccc1)=C(C)N=2. The topological polar surface area (TPSA) is 72.7 Å². The number of thiazole rings is 1. The van der Waals surface area contributed by atoms with E-state index in [-0.39, 0.29) is 12.2 Å². The number of nitrogens with zero attached hydrogens (tertiary/aromatic N) is 2. The minimum atomic E-state index is -0.800. The van der Waals surface area contributed by atoms with Gasteiger partial charge in [0.15, 0.2) is 4.80 Å². The van der Waals surface area contributed by atoms with Crippen LogP contribution in [0.25, 0.3) is 6.08 Å². The van der Waals surface area contributed by atoms with E-state index in [1.807, 2.05) is 36.4 Å². The smallest absolute Gasteiger partial charge is 0.271 e. The van der Waals surface area contributed by atoms with Gasteiger partial charge in [-0.05, 0) is 48.9 Å². The molecule has 5 rings (SSSR count). The van der Waals surface area contributed by atoms with Gasteiger partial charge in [0.1, 0.15) is 18.2 Å². The van der Waals surface area contributed by atoms with Crippen LogP contribution in [0, 0.1) is 18.2 Å². The summed E-state index contributed by atoms with van der Waals surface area (Å²) in [7, 11) is 0. The maximum atomic E-state index is 13.8. The van der Waals surface area contributed by atoms with Gasteiger partial charge in [-0.15, -0.1) is 6.42 Å². The number of carbonyl (C=O) groups excluding carboxylic acids is 1. The molecule has 0 saturated carbocycles. The molecule has 188 valence electrons. The second-order valence-corrected chi connectivity index (χ2v) is 9.49. The number of amides is 1. The summed E-state index contributed by atoms with van der Waals surface area (Å²) < 4.78 is 21.3. The zero-order valence-electron chi connectivity index (χ0n) is 20.4. The van der Waals surface area contributed by atoms with Crippen molar-refractivity contribution >= 4 is 29.0 Å². The highest BCUT2D eigenvalue weighted by molar-refractivity contribution is 7.07. The van der Waals surface area contributed by atoms with Crippen LogP contribution < -0.4 is 24.9 Å². The fraction of sp³-hybridized carbons (Fsp3) is 0.100. The fourth-order valence-corrected chi connectivity index (χ4v) is 5.32. The first kappa shape index (κ1) is 24.9. The zero-order valence-corrected chi connectivity index (χ0v) is 21.2. The van der Waals surface area contributed by atoms with Gasteiger partial charge in [-0.1, -0.05) is 65.8 Å². The zero-order chi connectivity index (χ0) is 26.6. The van der Waals surface area contributed by atoms with Crippen molar-refractivity contribution in [1.29, 1.82) is 0 Å². The number of anilines is 1. The molecular weight excluding hydrogens is 501 g/mol. The molecule has 0 saturated heterocycles. The number of benzene rings is 3. The molecule has 2 heterocycles. The second-order valence-electron chi connectivity index (χ2n) is 8.48. The van der Waals surface area contributed by atoms with Crippen LogP contribution in [0.1, 0.15) is 24.1 Å². The van der Waals surface area contributed by atoms with Crippen molar-refractivity contribution in [2.24, 2.45) is 4.99 Å². The number of rotatable bonds is 6. The van der Waals surface area contributed by atoms with E-state index < -0.39 is 17.8 Å². The summed E-state index contributed by atoms with van der Waals surface area (Å²) in [5, 5.41) is 2.89. The summed E-state index contributed by atoms with van der Waals surface area (Å²) in [4.78, 5) is 32.4. The summed E-state index contributed by atoms with van der Waals surface area (Å²) in [6.07, 6.45) is 7.06. The van der Waals surface area contributed by atoms with E-state index >= 15 is 0 Å². The van der Waals surface area contributed by atoms with Crippen LogP contribution in [-0.4, -0.2) is 17.1 Å². The van der Waals surface area contributed by atoms with E-state index in [0.29, 0.717) is 43.2 Å². The number of hydrogen-bond acceptors (Lipinski definition) is 5. The molecule has 0 fully saturated rings. The first-order chi connectivity index (χ1) is 18.5. The molecule has 0 spiro atoms. The summed E-state index contributed by atoms with van der Waals surface area (Å²) in [5.41, 5.74) is 2.33. The Balaban J connectivity index is 1.66. The number of halogens is 1. The van der Waals surface area contributed by atoms with E-state index in [4.69, 9.17) is 11.2 Å². The van der Waals surface area contributed by atoms with Crippen LogP contribution in [-0.2, 0) is 4.79 Å². The van der Waals surface area contributed by atoms with Gasteiger partial charge in [-0.2, -0.15) is 0 Å². The first-order valence-electron chi connectivity index (χ1n) is 11.8. The molecule has 38 heavy (non-hydrogen) atoms. The highest BCUT2D eigenvalue weighted by Crippen LogP contribution is 2.31. The molecule has 1 unspecified atom stereocenters. The Bertz CT molecular complexity index is 1760. The molecule has 1 amide bonds. The number of terminal acetylenes is 1. The number of hydrogen-bond donors (Lipinski definition) is 1.